The van der Waals surface area contributed by atoms with Gasteiger partial charge in [-0.1, -0.05) is 0 Å². The van der Waals surface area contributed by atoms with Crippen LogP contribution in [0.1, 0.15) is 15.9 Å². The number of carbonyl (C=O) groups is 1. The number of rotatable bonds is 7. The number of aromatic nitrogens is 5. The van der Waals surface area contributed by atoms with Crippen LogP contribution < -0.4 is 31.6 Å². The first-order chi connectivity index (χ1) is 15.5. The minimum Gasteiger partial charge on any atom is -0.497 e. The third-order valence-electron chi connectivity index (χ3n) is 4.62. The van der Waals surface area contributed by atoms with E-state index < -0.39 is 17.2 Å². The molecular weight excluding hydrogens is 418 g/mol. The molecule has 0 radical (unpaired) electrons. The molecule has 3 aromatic heterocycles. The van der Waals surface area contributed by atoms with E-state index in [1.54, 1.807) is 37.2 Å². The normalized spacial score (nSPS) is 10.7. The SMILES string of the molecule is COc1ccc(Cn2ncc3cc(C(=O)NNc4cc(=O)[nH]c(=O)[nH]4)cnc32)c(OC)c1. The molecule has 164 valence electrons. The molecule has 0 aliphatic heterocycles. The Morgan fingerprint density at radius 3 is 2.69 bits per heavy atom. The number of anilines is 1. The summed E-state index contributed by atoms with van der Waals surface area (Å²) in [6.45, 7) is 0.409. The lowest BCUT2D eigenvalue weighted by Crippen LogP contribution is -2.32. The van der Waals surface area contributed by atoms with Crippen molar-refractivity contribution in [1.29, 1.82) is 0 Å². The summed E-state index contributed by atoms with van der Waals surface area (Å²) in [7, 11) is 3.17. The van der Waals surface area contributed by atoms with Crippen LogP contribution in [-0.2, 0) is 6.54 Å². The van der Waals surface area contributed by atoms with Crippen LogP contribution in [0.3, 0.4) is 0 Å². The first kappa shape index (κ1) is 20.7. The van der Waals surface area contributed by atoms with Gasteiger partial charge in [-0.3, -0.25) is 30.4 Å². The molecule has 0 aliphatic rings. The van der Waals surface area contributed by atoms with E-state index in [1.165, 1.54) is 6.20 Å². The molecule has 4 N–H and O–H groups in total. The number of methoxy groups -OCH3 is 2. The minimum absolute atomic E-state index is 0.0439. The van der Waals surface area contributed by atoms with Crippen LogP contribution in [0.5, 0.6) is 11.5 Å². The van der Waals surface area contributed by atoms with E-state index in [0.717, 1.165) is 11.6 Å². The topological polar surface area (TPSA) is 156 Å². The van der Waals surface area contributed by atoms with Gasteiger partial charge in [-0.05, 0) is 18.2 Å². The molecule has 0 saturated heterocycles. The van der Waals surface area contributed by atoms with Crippen LogP contribution in [0.15, 0.2) is 52.3 Å². The Bertz CT molecular complexity index is 1380. The average molecular weight is 437 g/mol. The molecule has 1 aromatic carbocycles. The van der Waals surface area contributed by atoms with E-state index in [1.807, 2.05) is 17.1 Å². The number of hydrogen-bond donors (Lipinski definition) is 4. The van der Waals surface area contributed by atoms with Gasteiger partial charge in [0.1, 0.15) is 17.3 Å². The van der Waals surface area contributed by atoms with Gasteiger partial charge in [-0.25, -0.2) is 14.5 Å². The number of H-pyrrole nitrogens is 2. The van der Waals surface area contributed by atoms with E-state index in [4.69, 9.17) is 9.47 Å². The van der Waals surface area contributed by atoms with Crippen molar-refractivity contribution < 1.29 is 14.3 Å². The maximum Gasteiger partial charge on any atom is 0.327 e. The zero-order valence-electron chi connectivity index (χ0n) is 17.1. The molecule has 0 spiro atoms. The van der Waals surface area contributed by atoms with Crippen molar-refractivity contribution >= 4 is 22.8 Å². The molecule has 4 aromatic rings. The van der Waals surface area contributed by atoms with Crippen molar-refractivity contribution in [3.63, 3.8) is 0 Å². The van der Waals surface area contributed by atoms with Gasteiger partial charge in [0.05, 0.1) is 32.5 Å². The number of carbonyl (C=O) groups excluding carboxylic acids is 1. The zero-order chi connectivity index (χ0) is 22.7. The van der Waals surface area contributed by atoms with Crippen molar-refractivity contribution in [2.75, 3.05) is 19.6 Å². The summed E-state index contributed by atoms with van der Waals surface area (Å²) in [6, 6.07) is 8.24. The van der Waals surface area contributed by atoms with Crippen molar-refractivity contribution in [3.8, 4) is 11.5 Å². The molecule has 0 unspecified atom stereocenters. The van der Waals surface area contributed by atoms with Gasteiger partial charge < -0.3 is 9.47 Å². The second-order valence-corrected chi connectivity index (χ2v) is 6.70. The number of fused-ring (bicyclic) bond motifs is 1. The molecule has 4 rings (SSSR count). The smallest absolute Gasteiger partial charge is 0.327 e. The third-order valence-corrected chi connectivity index (χ3v) is 4.62. The van der Waals surface area contributed by atoms with E-state index in [2.05, 4.69) is 25.9 Å². The summed E-state index contributed by atoms with van der Waals surface area (Å²) < 4.78 is 12.3. The molecule has 12 nitrogen and oxygen atoms in total. The minimum atomic E-state index is -0.696. The summed E-state index contributed by atoms with van der Waals surface area (Å²) in [5.41, 5.74) is 5.32. The Hall–Kier alpha value is -4.61. The number of aromatic amines is 2. The van der Waals surface area contributed by atoms with Crippen molar-refractivity contribution in [3.05, 3.63) is 74.7 Å². The molecule has 0 saturated carbocycles. The van der Waals surface area contributed by atoms with Gasteiger partial charge in [-0.15, -0.1) is 0 Å². The predicted octanol–water partition coefficient (Wildman–Crippen LogP) is 0.630. The number of benzene rings is 1. The van der Waals surface area contributed by atoms with E-state index in [-0.39, 0.29) is 11.4 Å². The highest BCUT2D eigenvalue weighted by molar-refractivity contribution is 5.97. The lowest BCUT2D eigenvalue weighted by molar-refractivity contribution is 0.0962. The molecular formula is C20H19N7O5. The second kappa shape index (κ2) is 8.63. The maximum absolute atomic E-state index is 12.4. The van der Waals surface area contributed by atoms with Crippen LogP contribution in [0.4, 0.5) is 5.82 Å². The van der Waals surface area contributed by atoms with E-state index in [0.29, 0.717) is 29.1 Å². The van der Waals surface area contributed by atoms with Crippen molar-refractivity contribution in [2.24, 2.45) is 0 Å². The largest absolute Gasteiger partial charge is 0.497 e. The number of pyridine rings is 1. The average Bonchev–Trinajstić information content (AvgIpc) is 3.19. The van der Waals surface area contributed by atoms with Gasteiger partial charge in [-0.2, -0.15) is 5.10 Å². The van der Waals surface area contributed by atoms with Crippen LogP contribution in [-0.4, -0.2) is 44.9 Å². The maximum atomic E-state index is 12.4. The number of amides is 1. The molecule has 0 bridgehead atoms. The molecule has 0 atom stereocenters. The lowest BCUT2D eigenvalue weighted by Gasteiger charge is -2.11. The lowest BCUT2D eigenvalue weighted by atomic mass is 10.2. The second-order valence-electron chi connectivity index (χ2n) is 6.70. The standard InChI is InChI=1S/C20H19N7O5/c1-31-14-4-3-11(15(6-14)32-2)10-27-18-12(9-22-27)5-13(8-21-18)19(29)26-25-16-7-17(28)24-20(30)23-16/h3-9H,10H2,1-2H3,(H,26,29)(H3,23,24,25,28,30). The third kappa shape index (κ3) is 4.28. The quantitative estimate of drug-likeness (QED) is 0.307. The number of hydrogen-bond acceptors (Lipinski definition) is 8. The summed E-state index contributed by atoms with van der Waals surface area (Å²) >= 11 is 0. The highest BCUT2D eigenvalue weighted by atomic mass is 16.5. The fourth-order valence-corrected chi connectivity index (χ4v) is 3.09. The molecule has 0 aliphatic carbocycles. The first-order valence-corrected chi connectivity index (χ1v) is 9.39. The van der Waals surface area contributed by atoms with Crippen LogP contribution in [0.2, 0.25) is 0 Å². The zero-order valence-corrected chi connectivity index (χ0v) is 17.1. The highest BCUT2D eigenvalue weighted by Gasteiger charge is 2.13. The van der Waals surface area contributed by atoms with E-state index in [9.17, 15) is 14.4 Å². The van der Waals surface area contributed by atoms with Crippen molar-refractivity contribution in [2.45, 2.75) is 6.54 Å². The number of hydrazine groups is 1. The van der Waals surface area contributed by atoms with Gasteiger partial charge in [0.25, 0.3) is 11.5 Å². The summed E-state index contributed by atoms with van der Waals surface area (Å²) in [5.74, 6) is 0.878. The fourth-order valence-electron chi connectivity index (χ4n) is 3.09. The molecule has 3 heterocycles. The summed E-state index contributed by atoms with van der Waals surface area (Å²) in [5, 5.41) is 5.03. The van der Waals surface area contributed by atoms with Crippen LogP contribution >= 0.6 is 0 Å². The number of nitrogens with zero attached hydrogens (tertiary/aromatic N) is 3. The Balaban J connectivity index is 1.52. The van der Waals surface area contributed by atoms with Crippen LogP contribution in [0.25, 0.3) is 11.0 Å². The Kier molecular flexibility index (Phi) is 5.57. The highest BCUT2D eigenvalue weighted by Crippen LogP contribution is 2.26. The molecule has 32 heavy (non-hydrogen) atoms. The number of nitrogens with one attached hydrogen (secondary N) is 4. The van der Waals surface area contributed by atoms with Crippen molar-refractivity contribution in [1.82, 2.24) is 30.2 Å². The Labute approximate surface area is 180 Å². The summed E-state index contributed by atoms with van der Waals surface area (Å²) in [6.07, 6.45) is 3.01. The Morgan fingerprint density at radius 2 is 1.94 bits per heavy atom. The predicted molar refractivity (Wildman–Crippen MR) is 115 cm³/mol. The fraction of sp³-hybridized carbons (Fsp3) is 0.150. The number of ether oxygens (including phenoxy) is 2. The van der Waals surface area contributed by atoms with E-state index >= 15 is 0 Å². The van der Waals surface area contributed by atoms with Gasteiger partial charge in [0.2, 0.25) is 0 Å². The van der Waals surface area contributed by atoms with Gasteiger partial charge >= 0.3 is 5.69 Å². The Morgan fingerprint density at radius 1 is 1.09 bits per heavy atom. The molecule has 0 fully saturated rings. The van der Waals surface area contributed by atoms with Crippen LogP contribution in [0, 0.1) is 0 Å². The summed E-state index contributed by atoms with van der Waals surface area (Å²) in [4.78, 5) is 43.8. The molecule has 12 heteroatoms. The monoisotopic (exact) mass is 437 g/mol. The van der Waals surface area contributed by atoms with Gasteiger partial charge in [0.15, 0.2) is 5.65 Å². The first-order valence-electron chi connectivity index (χ1n) is 9.39. The molecule has 1 amide bonds. The van der Waals surface area contributed by atoms with Gasteiger partial charge in [0, 0.05) is 29.3 Å².